The molecular formula is C26H34FN3O3S. The van der Waals surface area contributed by atoms with Gasteiger partial charge in [-0.05, 0) is 87.8 Å². The molecule has 0 atom stereocenters. The Hall–Kier alpha value is -2.45. The first-order valence-electron chi connectivity index (χ1n) is 12.0. The van der Waals surface area contributed by atoms with E-state index in [0.29, 0.717) is 23.4 Å². The number of amides is 1. The molecule has 8 heteroatoms. The molecule has 2 aromatic rings. The maximum absolute atomic E-state index is 14.6. The van der Waals surface area contributed by atoms with Crippen molar-refractivity contribution < 1.29 is 17.6 Å². The molecular weight excluding hydrogens is 453 g/mol. The van der Waals surface area contributed by atoms with Gasteiger partial charge >= 0.3 is 0 Å². The summed E-state index contributed by atoms with van der Waals surface area (Å²) in [6, 6.07) is 6.88. The number of nitrogens with one attached hydrogen (secondary N) is 1. The van der Waals surface area contributed by atoms with Gasteiger partial charge in [0.25, 0.3) is 0 Å². The summed E-state index contributed by atoms with van der Waals surface area (Å²) >= 11 is 0. The molecule has 6 nitrogen and oxygen atoms in total. The number of sulfonamides is 1. The molecule has 0 aliphatic carbocycles. The number of aryl methyl sites for hydroxylation is 2. The van der Waals surface area contributed by atoms with Gasteiger partial charge in [-0.25, -0.2) is 12.8 Å². The van der Waals surface area contributed by atoms with E-state index in [1.807, 2.05) is 39.8 Å². The highest BCUT2D eigenvalue weighted by atomic mass is 32.2. The number of halogens is 1. The van der Waals surface area contributed by atoms with Crippen molar-refractivity contribution >= 4 is 27.3 Å². The van der Waals surface area contributed by atoms with Gasteiger partial charge in [0.15, 0.2) is 0 Å². The van der Waals surface area contributed by atoms with E-state index in [0.717, 1.165) is 48.2 Å². The summed E-state index contributed by atoms with van der Waals surface area (Å²) in [7, 11) is -3.67. The minimum atomic E-state index is -3.67. The molecule has 0 aromatic heterocycles. The lowest BCUT2D eigenvalue weighted by Gasteiger charge is -2.32. The van der Waals surface area contributed by atoms with Gasteiger partial charge < -0.3 is 10.2 Å². The maximum atomic E-state index is 14.6. The third kappa shape index (κ3) is 4.58. The van der Waals surface area contributed by atoms with Crippen LogP contribution in [0.25, 0.3) is 0 Å². The fraction of sp³-hybridized carbons (Fsp3) is 0.500. The highest BCUT2D eigenvalue weighted by Crippen LogP contribution is 2.34. The SMILES string of the molecule is Cc1cc(C)c(C)c(S(=O)(=O)N2CCC(C(=O)Nc3c(F)cccc3N3CCCC3)CC2)c1C. The molecule has 2 heterocycles. The minimum Gasteiger partial charge on any atom is -0.370 e. The van der Waals surface area contributed by atoms with Gasteiger partial charge in [0.1, 0.15) is 11.5 Å². The molecule has 0 unspecified atom stereocenters. The van der Waals surface area contributed by atoms with Gasteiger partial charge in [-0.2, -0.15) is 4.31 Å². The second-order valence-electron chi connectivity index (χ2n) is 9.59. The van der Waals surface area contributed by atoms with Crippen molar-refractivity contribution in [1.29, 1.82) is 0 Å². The van der Waals surface area contributed by atoms with Crippen LogP contribution in [-0.2, 0) is 14.8 Å². The maximum Gasteiger partial charge on any atom is 0.243 e. The predicted octanol–water partition coefficient (Wildman–Crippen LogP) is 4.70. The molecule has 2 aliphatic heterocycles. The van der Waals surface area contributed by atoms with Gasteiger partial charge in [-0.1, -0.05) is 12.1 Å². The molecule has 1 N–H and O–H groups in total. The first-order chi connectivity index (χ1) is 16.1. The van der Waals surface area contributed by atoms with Crippen molar-refractivity contribution in [2.45, 2.75) is 58.3 Å². The number of para-hydroxylation sites is 1. The monoisotopic (exact) mass is 487 g/mol. The van der Waals surface area contributed by atoms with Crippen molar-refractivity contribution in [3.8, 4) is 0 Å². The third-order valence-electron chi connectivity index (χ3n) is 7.41. The number of piperidine rings is 1. The van der Waals surface area contributed by atoms with Gasteiger partial charge in [0, 0.05) is 32.1 Å². The molecule has 0 bridgehead atoms. The first-order valence-corrected chi connectivity index (χ1v) is 13.5. The average molecular weight is 488 g/mol. The Morgan fingerprint density at radius 1 is 0.971 bits per heavy atom. The van der Waals surface area contributed by atoms with Crippen LogP contribution in [0.1, 0.15) is 47.9 Å². The lowest BCUT2D eigenvalue weighted by atomic mass is 9.97. The Bertz CT molecular complexity index is 1170. The zero-order chi connectivity index (χ0) is 24.6. The fourth-order valence-corrected chi connectivity index (χ4v) is 7.18. The number of rotatable bonds is 5. The molecule has 2 saturated heterocycles. The van der Waals surface area contributed by atoms with Gasteiger partial charge in [0.05, 0.1) is 10.6 Å². The summed E-state index contributed by atoms with van der Waals surface area (Å²) in [5.74, 6) is -1.06. The predicted molar refractivity (Wildman–Crippen MR) is 133 cm³/mol. The Kier molecular flexibility index (Phi) is 7.01. The second-order valence-corrected chi connectivity index (χ2v) is 11.5. The van der Waals surface area contributed by atoms with Gasteiger partial charge in [-0.3, -0.25) is 4.79 Å². The molecule has 34 heavy (non-hydrogen) atoms. The van der Waals surface area contributed by atoms with E-state index in [9.17, 15) is 17.6 Å². The van der Waals surface area contributed by atoms with Crippen LogP contribution in [0, 0.1) is 39.4 Å². The van der Waals surface area contributed by atoms with E-state index in [1.54, 1.807) is 6.07 Å². The summed E-state index contributed by atoms with van der Waals surface area (Å²) in [5, 5.41) is 2.82. The topological polar surface area (TPSA) is 69.7 Å². The number of carbonyl (C=O) groups excluding carboxylic acids is 1. The van der Waals surface area contributed by atoms with E-state index in [-0.39, 0.29) is 30.6 Å². The quantitative estimate of drug-likeness (QED) is 0.664. The van der Waals surface area contributed by atoms with Crippen molar-refractivity contribution in [2.24, 2.45) is 5.92 Å². The summed E-state index contributed by atoms with van der Waals surface area (Å²) in [4.78, 5) is 15.5. The van der Waals surface area contributed by atoms with Crippen LogP contribution in [0.5, 0.6) is 0 Å². The third-order valence-corrected chi connectivity index (χ3v) is 9.58. The summed E-state index contributed by atoms with van der Waals surface area (Å²) in [6.07, 6.45) is 2.91. The minimum absolute atomic E-state index is 0.228. The van der Waals surface area contributed by atoms with Crippen LogP contribution in [-0.4, -0.2) is 44.8 Å². The molecule has 0 spiro atoms. The normalized spacial score (nSPS) is 17.9. The van der Waals surface area contributed by atoms with Crippen molar-refractivity contribution in [2.75, 3.05) is 36.4 Å². The molecule has 184 valence electrons. The van der Waals surface area contributed by atoms with E-state index in [1.165, 1.54) is 10.4 Å². The molecule has 2 aromatic carbocycles. The van der Waals surface area contributed by atoms with Crippen molar-refractivity contribution in [1.82, 2.24) is 4.31 Å². The Morgan fingerprint density at radius 3 is 2.15 bits per heavy atom. The fourth-order valence-electron chi connectivity index (χ4n) is 5.14. The lowest BCUT2D eigenvalue weighted by Crippen LogP contribution is -2.42. The zero-order valence-corrected chi connectivity index (χ0v) is 21.3. The Labute approximate surface area is 202 Å². The number of nitrogens with zero attached hydrogens (tertiary/aromatic N) is 2. The van der Waals surface area contributed by atoms with Gasteiger partial charge in [-0.15, -0.1) is 0 Å². The van der Waals surface area contributed by atoms with Crippen LogP contribution in [0.15, 0.2) is 29.2 Å². The zero-order valence-electron chi connectivity index (χ0n) is 20.4. The number of hydrogen-bond donors (Lipinski definition) is 1. The van der Waals surface area contributed by atoms with E-state index in [2.05, 4.69) is 10.2 Å². The Morgan fingerprint density at radius 2 is 1.56 bits per heavy atom. The molecule has 1 amide bonds. The highest BCUT2D eigenvalue weighted by Gasteiger charge is 2.35. The summed E-state index contributed by atoms with van der Waals surface area (Å²) in [6.45, 7) is 9.78. The summed E-state index contributed by atoms with van der Waals surface area (Å²) < 4.78 is 43.2. The van der Waals surface area contributed by atoms with Crippen LogP contribution >= 0.6 is 0 Å². The number of benzene rings is 2. The Balaban J connectivity index is 1.48. The smallest absolute Gasteiger partial charge is 0.243 e. The molecule has 2 aliphatic rings. The number of hydrogen-bond acceptors (Lipinski definition) is 4. The van der Waals surface area contributed by atoms with Crippen molar-refractivity contribution in [3.63, 3.8) is 0 Å². The standard InChI is InChI=1S/C26H34FN3O3S/c1-17-16-18(2)20(4)25(19(17)3)34(32,33)30-14-10-21(11-15-30)26(31)28-24-22(27)8-7-9-23(24)29-12-5-6-13-29/h7-9,16,21H,5-6,10-15H2,1-4H3,(H,28,31). The number of carbonyl (C=O) groups is 1. The molecule has 0 saturated carbocycles. The van der Waals surface area contributed by atoms with Crippen LogP contribution in [0.3, 0.4) is 0 Å². The first kappa shape index (κ1) is 24.7. The van der Waals surface area contributed by atoms with Crippen LogP contribution in [0.2, 0.25) is 0 Å². The van der Waals surface area contributed by atoms with E-state index < -0.39 is 15.8 Å². The van der Waals surface area contributed by atoms with E-state index in [4.69, 9.17) is 0 Å². The lowest BCUT2D eigenvalue weighted by molar-refractivity contribution is -0.120. The molecule has 4 rings (SSSR count). The van der Waals surface area contributed by atoms with Crippen molar-refractivity contribution in [3.05, 3.63) is 52.3 Å². The van der Waals surface area contributed by atoms with Crippen LogP contribution in [0.4, 0.5) is 15.8 Å². The summed E-state index contributed by atoms with van der Waals surface area (Å²) in [5.41, 5.74) is 4.40. The largest absolute Gasteiger partial charge is 0.370 e. The second kappa shape index (κ2) is 9.66. The highest BCUT2D eigenvalue weighted by molar-refractivity contribution is 7.89. The number of anilines is 2. The van der Waals surface area contributed by atoms with Gasteiger partial charge in [0.2, 0.25) is 15.9 Å². The molecule has 2 fully saturated rings. The average Bonchev–Trinajstić information content (AvgIpc) is 3.34. The van der Waals surface area contributed by atoms with Crippen LogP contribution < -0.4 is 10.2 Å². The molecule has 0 radical (unpaired) electrons. The van der Waals surface area contributed by atoms with E-state index >= 15 is 0 Å².